The molecule has 0 aromatic heterocycles. The van der Waals surface area contributed by atoms with E-state index in [1.54, 1.807) is 0 Å². The van der Waals surface area contributed by atoms with Gasteiger partial charge in [-0.25, -0.2) is 0 Å². The summed E-state index contributed by atoms with van der Waals surface area (Å²) in [7, 11) is 0. The first-order valence-electron chi connectivity index (χ1n) is 8.17. The van der Waals surface area contributed by atoms with E-state index in [1.165, 1.54) is 38.0 Å². The van der Waals surface area contributed by atoms with Crippen LogP contribution in [0.15, 0.2) is 18.2 Å². The van der Waals surface area contributed by atoms with Crippen LogP contribution in [0.4, 0.5) is 0 Å². The fourth-order valence-electron chi connectivity index (χ4n) is 3.19. The molecule has 116 valence electrons. The Labute approximate surface area is 127 Å². The van der Waals surface area contributed by atoms with Crippen molar-refractivity contribution in [2.75, 3.05) is 39.4 Å². The van der Waals surface area contributed by atoms with Crippen molar-refractivity contribution >= 4 is 0 Å². The van der Waals surface area contributed by atoms with Gasteiger partial charge >= 0.3 is 0 Å². The number of hydrogen-bond donors (Lipinski definition) is 1. The van der Waals surface area contributed by atoms with Gasteiger partial charge in [0.15, 0.2) is 11.5 Å². The summed E-state index contributed by atoms with van der Waals surface area (Å²) >= 11 is 0. The summed E-state index contributed by atoms with van der Waals surface area (Å²) in [6.45, 7) is 9.20. The highest BCUT2D eigenvalue weighted by Gasteiger charge is 2.18. The Kier molecular flexibility index (Phi) is 4.99. The Morgan fingerprint density at radius 1 is 1.19 bits per heavy atom. The molecule has 1 N–H and O–H groups in total. The molecule has 2 heterocycles. The topological polar surface area (TPSA) is 33.7 Å². The summed E-state index contributed by atoms with van der Waals surface area (Å²) in [4.78, 5) is 2.54. The van der Waals surface area contributed by atoms with Crippen molar-refractivity contribution in [1.82, 2.24) is 10.2 Å². The van der Waals surface area contributed by atoms with Crippen LogP contribution in [0.25, 0.3) is 0 Å². The number of fused-ring (bicyclic) bond motifs is 1. The smallest absolute Gasteiger partial charge is 0.165 e. The zero-order valence-electron chi connectivity index (χ0n) is 12.9. The van der Waals surface area contributed by atoms with E-state index in [4.69, 9.17) is 9.47 Å². The number of nitrogens with one attached hydrogen (secondary N) is 1. The highest BCUT2D eigenvalue weighted by Crippen LogP contribution is 2.33. The van der Waals surface area contributed by atoms with Gasteiger partial charge in [0.1, 0.15) is 13.2 Å². The van der Waals surface area contributed by atoms with Gasteiger partial charge in [0.25, 0.3) is 0 Å². The molecule has 0 spiro atoms. The Bertz CT molecular complexity index is 456. The Morgan fingerprint density at radius 2 is 2.00 bits per heavy atom. The summed E-state index contributed by atoms with van der Waals surface area (Å²) in [6.07, 6.45) is 2.63. The van der Waals surface area contributed by atoms with Crippen LogP contribution in [0.3, 0.4) is 0 Å². The molecule has 1 saturated heterocycles. The molecule has 0 aliphatic carbocycles. The van der Waals surface area contributed by atoms with E-state index in [0.717, 1.165) is 30.5 Å². The summed E-state index contributed by atoms with van der Waals surface area (Å²) in [5.41, 5.74) is 1.21. The standard InChI is InChI=1S/C17H26N2O2/c1-2-19-8-6-14(7-9-19)12-18-13-15-4-3-5-16-17(15)21-11-10-20-16/h3-5,14,18H,2,6-13H2,1H3. The summed E-state index contributed by atoms with van der Waals surface area (Å²) < 4.78 is 11.4. The van der Waals surface area contributed by atoms with Gasteiger partial charge in [-0.15, -0.1) is 0 Å². The van der Waals surface area contributed by atoms with Crippen LogP contribution >= 0.6 is 0 Å². The monoisotopic (exact) mass is 290 g/mol. The van der Waals surface area contributed by atoms with Gasteiger partial charge in [-0.05, 0) is 51.0 Å². The molecule has 1 aromatic carbocycles. The Hall–Kier alpha value is -1.26. The second-order valence-corrected chi connectivity index (χ2v) is 5.95. The first-order valence-corrected chi connectivity index (χ1v) is 8.17. The van der Waals surface area contributed by atoms with E-state index in [1.807, 2.05) is 12.1 Å². The molecular formula is C17H26N2O2. The minimum Gasteiger partial charge on any atom is -0.486 e. The third-order valence-electron chi connectivity index (χ3n) is 4.55. The molecule has 4 nitrogen and oxygen atoms in total. The lowest BCUT2D eigenvalue weighted by Gasteiger charge is -2.31. The second-order valence-electron chi connectivity index (χ2n) is 5.95. The highest BCUT2D eigenvalue weighted by atomic mass is 16.6. The van der Waals surface area contributed by atoms with Crippen molar-refractivity contribution < 1.29 is 9.47 Å². The van der Waals surface area contributed by atoms with Crippen molar-refractivity contribution in [2.24, 2.45) is 5.92 Å². The zero-order chi connectivity index (χ0) is 14.5. The van der Waals surface area contributed by atoms with E-state index < -0.39 is 0 Å². The van der Waals surface area contributed by atoms with Crippen LogP contribution in [0.1, 0.15) is 25.3 Å². The molecule has 0 saturated carbocycles. The Balaban J connectivity index is 1.48. The molecule has 1 aromatic rings. The summed E-state index contributed by atoms with van der Waals surface area (Å²) in [5.74, 6) is 2.62. The highest BCUT2D eigenvalue weighted by molar-refractivity contribution is 5.47. The number of ether oxygens (including phenoxy) is 2. The molecule has 0 atom stereocenters. The van der Waals surface area contributed by atoms with E-state index in [0.29, 0.717) is 13.2 Å². The lowest BCUT2D eigenvalue weighted by atomic mass is 9.97. The molecular weight excluding hydrogens is 264 g/mol. The molecule has 0 amide bonds. The number of benzene rings is 1. The fourth-order valence-corrected chi connectivity index (χ4v) is 3.19. The third kappa shape index (κ3) is 3.69. The lowest BCUT2D eigenvalue weighted by Crippen LogP contribution is -2.37. The molecule has 3 rings (SSSR count). The number of para-hydroxylation sites is 1. The number of likely N-dealkylation sites (tertiary alicyclic amines) is 1. The van der Waals surface area contributed by atoms with Gasteiger partial charge in [0.2, 0.25) is 0 Å². The van der Waals surface area contributed by atoms with Gasteiger partial charge in [0, 0.05) is 12.1 Å². The quantitative estimate of drug-likeness (QED) is 0.902. The average molecular weight is 290 g/mol. The molecule has 1 fully saturated rings. The third-order valence-corrected chi connectivity index (χ3v) is 4.55. The SMILES string of the molecule is CCN1CCC(CNCc2cccc3c2OCCO3)CC1. The number of hydrogen-bond acceptors (Lipinski definition) is 4. The number of piperidine rings is 1. The van der Waals surface area contributed by atoms with E-state index in [9.17, 15) is 0 Å². The first-order chi connectivity index (χ1) is 10.4. The minimum atomic E-state index is 0.652. The van der Waals surface area contributed by atoms with Crippen LogP contribution in [0, 0.1) is 5.92 Å². The van der Waals surface area contributed by atoms with Gasteiger partial charge in [0.05, 0.1) is 0 Å². The predicted molar refractivity (Wildman–Crippen MR) is 84.0 cm³/mol. The van der Waals surface area contributed by atoms with Crippen LogP contribution in [0.5, 0.6) is 11.5 Å². The molecule has 4 heteroatoms. The van der Waals surface area contributed by atoms with Crippen molar-refractivity contribution in [2.45, 2.75) is 26.3 Å². The normalized spacial score (nSPS) is 19.7. The molecule has 2 aliphatic rings. The van der Waals surface area contributed by atoms with E-state index in [2.05, 4.69) is 23.2 Å². The van der Waals surface area contributed by atoms with Gasteiger partial charge in [-0.1, -0.05) is 19.1 Å². The van der Waals surface area contributed by atoms with E-state index >= 15 is 0 Å². The second kappa shape index (κ2) is 7.14. The largest absolute Gasteiger partial charge is 0.486 e. The van der Waals surface area contributed by atoms with Crippen molar-refractivity contribution in [1.29, 1.82) is 0 Å². The van der Waals surface area contributed by atoms with Gasteiger partial charge in [-0.3, -0.25) is 0 Å². The maximum atomic E-state index is 5.75. The number of rotatable bonds is 5. The first kappa shape index (κ1) is 14.7. The van der Waals surface area contributed by atoms with Crippen molar-refractivity contribution in [3.63, 3.8) is 0 Å². The average Bonchev–Trinajstić information content (AvgIpc) is 2.56. The van der Waals surface area contributed by atoms with Crippen LogP contribution < -0.4 is 14.8 Å². The maximum Gasteiger partial charge on any atom is 0.165 e. The summed E-state index contributed by atoms with van der Waals surface area (Å²) in [6, 6.07) is 6.16. The molecule has 0 radical (unpaired) electrons. The van der Waals surface area contributed by atoms with Gasteiger partial charge < -0.3 is 19.7 Å². The zero-order valence-corrected chi connectivity index (χ0v) is 12.9. The molecule has 0 unspecified atom stereocenters. The lowest BCUT2D eigenvalue weighted by molar-refractivity contribution is 0.169. The minimum absolute atomic E-state index is 0.652. The maximum absolute atomic E-state index is 5.75. The fraction of sp³-hybridized carbons (Fsp3) is 0.647. The summed E-state index contributed by atoms with van der Waals surface area (Å²) in [5, 5.41) is 3.60. The number of nitrogens with zero attached hydrogens (tertiary/aromatic N) is 1. The van der Waals surface area contributed by atoms with E-state index in [-0.39, 0.29) is 0 Å². The molecule has 0 bridgehead atoms. The molecule has 21 heavy (non-hydrogen) atoms. The van der Waals surface area contributed by atoms with Crippen LogP contribution in [-0.4, -0.2) is 44.3 Å². The molecule has 2 aliphatic heterocycles. The Morgan fingerprint density at radius 3 is 2.81 bits per heavy atom. The van der Waals surface area contributed by atoms with Crippen molar-refractivity contribution in [3.05, 3.63) is 23.8 Å². The van der Waals surface area contributed by atoms with Crippen molar-refractivity contribution in [3.8, 4) is 11.5 Å². The van der Waals surface area contributed by atoms with Crippen LogP contribution in [0.2, 0.25) is 0 Å². The van der Waals surface area contributed by atoms with Gasteiger partial charge in [-0.2, -0.15) is 0 Å². The predicted octanol–water partition coefficient (Wildman–Crippen LogP) is 2.28. The van der Waals surface area contributed by atoms with Crippen LogP contribution in [-0.2, 0) is 6.54 Å².